The second-order valence-corrected chi connectivity index (χ2v) is 8.94. The third-order valence-electron chi connectivity index (χ3n) is 5.48. The summed E-state index contributed by atoms with van der Waals surface area (Å²) in [5.74, 6) is -1.30. The summed E-state index contributed by atoms with van der Waals surface area (Å²) in [7, 11) is 0. The van der Waals surface area contributed by atoms with Crippen molar-refractivity contribution in [3.05, 3.63) is 57.5 Å². The molecule has 182 valence electrons. The maximum Gasteiger partial charge on any atom is 0.314 e. The third kappa shape index (κ3) is 9.48. The number of halogens is 3. The molecule has 2 heterocycles. The van der Waals surface area contributed by atoms with Crippen molar-refractivity contribution < 1.29 is 19.0 Å². The van der Waals surface area contributed by atoms with Gasteiger partial charge in [-0.2, -0.15) is 0 Å². The van der Waals surface area contributed by atoms with Crippen LogP contribution in [-0.2, 0) is 11.3 Å². The minimum Gasteiger partial charge on any atom is -0.481 e. The van der Waals surface area contributed by atoms with Crippen LogP contribution in [0.1, 0.15) is 75.3 Å². The molecule has 0 fully saturated rings. The standard InChI is InChI=1S/C17H26Cl2FN.C8H7NO3/c1-2-3-4-5-6-7-8-9-10-21-13-15-16(19)11-14(18)12-17(15)20;10-8(11)6-4-12-7-5(6)2-1-3-9-7/h11-12,21H,2-10,13H2,1H3;1-3,6H,4H2,(H,10,11). The summed E-state index contributed by atoms with van der Waals surface area (Å²) >= 11 is 11.7. The molecule has 2 N–H and O–H groups in total. The number of nitrogens with zero attached hydrogens (tertiary/aromatic N) is 1. The Morgan fingerprint density at radius 2 is 1.88 bits per heavy atom. The van der Waals surface area contributed by atoms with E-state index in [0.717, 1.165) is 13.0 Å². The van der Waals surface area contributed by atoms with Gasteiger partial charge in [-0.3, -0.25) is 4.79 Å². The van der Waals surface area contributed by atoms with Gasteiger partial charge in [0, 0.05) is 33.9 Å². The van der Waals surface area contributed by atoms with E-state index in [1.165, 1.54) is 51.0 Å². The Kier molecular flexibility index (Phi) is 12.5. The largest absolute Gasteiger partial charge is 0.481 e. The van der Waals surface area contributed by atoms with Crippen LogP contribution in [-0.4, -0.2) is 29.2 Å². The molecule has 1 unspecified atom stereocenters. The Hall–Kier alpha value is -1.89. The van der Waals surface area contributed by atoms with Crippen LogP contribution < -0.4 is 10.1 Å². The van der Waals surface area contributed by atoms with Crippen LogP contribution in [0.15, 0.2) is 30.5 Å². The van der Waals surface area contributed by atoms with Gasteiger partial charge in [0.1, 0.15) is 18.3 Å². The number of aromatic nitrogens is 1. The zero-order chi connectivity index (χ0) is 24.1. The fourth-order valence-electron chi connectivity index (χ4n) is 3.58. The number of benzene rings is 1. The first-order chi connectivity index (χ1) is 15.9. The van der Waals surface area contributed by atoms with Gasteiger partial charge in [0.25, 0.3) is 0 Å². The molecule has 2 aromatic rings. The highest BCUT2D eigenvalue weighted by Gasteiger charge is 2.30. The molecule has 5 nitrogen and oxygen atoms in total. The monoisotopic (exact) mass is 498 g/mol. The van der Waals surface area contributed by atoms with Crippen LogP contribution in [0.25, 0.3) is 0 Å². The van der Waals surface area contributed by atoms with Gasteiger partial charge in [-0.1, -0.05) is 81.1 Å². The van der Waals surface area contributed by atoms with E-state index < -0.39 is 11.9 Å². The van der Waals surface area contributed by atoms with Crippen molar-refractivity contribution in [2.24, 2.45) is 0 Å². The Bertz CT molecular complexity index is 859. The summed E-state index contributed by atoms with van der Waals surface area (Å²) in [6, 6.07) is 6.33. The van der Waals surface area contributed by atoms with Gasteiger partial charge in [0.05, 0.1) is 0 Å². The number of unbranched alkanes of at least 4 members (excludes halogenated alkanes) is 7. The topological polar surface area (TPSA) is 71.5 Å². The molecule has 0 bridgehead atoms. The highest BCUT2D eigenvalue weighted by atomic mass is 35.5. The molecule has 1 atom stereocenters. The van der Waals surface area contributed by atoms with Crippen LogP contribution >= 0.6 is 23.2 Å². The van der Waals surface area contributed by atoms with Gasteiger partial charge in [-0.25, -0.2) is 9.37 Å². The second kappa shape index (κ2) is 15.1. The van der Waals surface area contributed by atoms with Crippen molar-refractivity contribution in [3.8, 4) is 5.88 Å². The lowest BCUT2D eigenvalue weighted by atomic mass is 10.0. The van der Waals surface area contributed by atoms with Gasteiger partial charge in [-0.05, 0) is 31.2 Å². The number of carboxylic acid groups (broad SMARTS) is 1. The lowest BCUT2D eigenvalue weighted by Crippen LogP contribution is -2.16. The fraction of sp³-hybridized carbons (Fsp3) is 0.520. The second-order valence-electron chi connectivity index (χ2n) is 8.10. The SMILES string of the molecule is CCCCCCCCCCNCc1c(F)cc(Cl)cc1Cl.O=C(O)C1COc2ncccc21. The lowest BCUT2D eigenvalue weighted by molar-refractivity contribution is -0.138. The van der Waals surface area contributed by atoms with E-state index in [1.807, 2.05) is 0 Å². The number of ether oxygens (including phenoxy) is 1. The number of fused-ring (bicyclic) bond motifs is 1. The Morgan fingerprint density at radius 3 is 2.55 bits per heavy atom. The molecule has 1 aliphatic heterocycles. The number of nitrogens with one attached hydrogen (secondary N) is 1. The summed E-state index contributed by atoms with van der Waals surface area (Å²) in [4.78, 5) is 14.6. The first-order valence-corrected chi connectivity index (χ1v) is 12.3. The van der Waals surface area contributed by atoms with E-state index in [0.29, 0.717) is 33.6 Å². The summed E-state index contributed by atoms with van der Waals surface area (Å²) in [5, 5.41) is 12.7. The highest BCUT2D eigenvalue weighted by Crippen LogP contribution is 2.31. The molecular formula is C25H33Cl2FN2O3. The predicted molar refractivity (Wildman–Crippen MR) is 131 cm³/mol. The summed E-state index contributed by atoms with van der Waals surface area (Å²) in [6.07, 6.45) is 11.9. The highest BCUT2D eigenvalue weighted by molar-refractivity contribution is 6.35. The molecule has 3 rings (SSSR count). The van der Waals surface area contributed by atoms with E-state index in [-0.39, 0.29) is 12.4 Å². The average Bonchev–Trinajstić information content (AvgIpc) is 3.21. The molecule has 0 amide bonds. The summed E-state index contributed by atoms with van der Waals surface area (Å²) in [5.41, 5.74) is 1.17. The molecule has 33 heavy (non-hydrogen) atoms. The van der Waals surface area contributed by atoms with Gasteiger partial charge in [0.15, 0.2) is 0 Å². The minimum atomic E-state index is -0.859. The molecule has 0 radical (unpaired) electrons. The number of pyridine rings is 1. The van der Waals surface area contributed by atoms with E-state index in [9.17, 15) is 9.18 Å². The van der Waals surface area contributed by atoms with Crippen molar-refractivity contribution in [1.29, 1.82) is 0 Å². The van der Waals surface area contributed by atoms with Crippen LogP contribution in [0, 0.1) is 5.82 Å². The molecule has 0 spiro atoms. The number of hydrogen-bond donors (Lipinski definition) is 2. The summed E-state index contributed by atoms with van der Waals surface area (Å²) in [6.45, 7) is 3.79. The van der Waals surface area contributed by atoms with Crippen molar-refractivity contribution in [2.75, 3.05) is 13.2 Å². The molecule has 0 saturated carbocycles. The molecule has 0 saturated heterocycles. The van der Waals surface area contributed by atoms with Crippen molar-refractivity contribution in [3.63, 3.8) is 0 Å². The van der Waals surface area contributed by atoms with Crippen LogP contribution in [0.4, 0.5) is 4.39 Å². The number of rotatable bonds is 12. The molecule has 0 aliphatic carbocycles. The average molecular weight is 499 g/mol. The number of carboxylic acids is 1. The Balaban J connectivity index is 0.000000268. The van der Waals surface area contributed by atoms with Crippen molar-refractivity contribution in [1.82, 2.24) is 10.3 Å². The number of aliphatic carboxylic acids is 1. The first kappa shape index (κ1) is 27.4. The zero-order valence-electron chi connectivity index (χ0n) is 19.1. The van der Waals surface area contributed by atoms with Crippen LogP contribution in [0.5, 0.6) is 5.88 Å². The maximum absolute atomic E-state index is 13.7. The van der Waals surface area contributed by atoms with Gasteiger partial charge < -0.3 is 15.2 Å². The third-order valence-corrected chi connectivity index (χ3v) is 6.03. The Morgan fingerprint density at radius 1 is 1.18 bits per heavy atom. The molecule has 1 aromatic carbocycles. The number of carbonyl (C=O) groups is 1. The maximum atomic E-state index is 13.7. The van der Waals surface area contributed by atoms with Gasteiger partial charge in [-0.15, -0.1) is 0 Å². The quantitative estimate of drug-likeness (QED) is 0.308. The summed E-state index contributed by atoms with van der Waals surface area (Å²) < 4.78 is 18.8. The molecule has 1 aromatic heterocycles. The predicted octanol–water partition coefficient (Wildman–Crippen LogP) is 7.01. The fourth-order valence-corrected chi connectivity index (χ4v) is 4.12. The van der Waals surface area contributed by atoms with E-state index in [1.54, 1.807) is 24.4 Å². The van der Waals surface area contributed by atoms with Crippen molar-refractivity contribution in [2.45, 2.75) is 70.8 Å². The normalized spacial score (nSPS) is 14.2. The van der Waals surface area contributed by atoms with Crippen LogP contribution in [0.3, 0.4) is 0 Å². The smallest absolute Gasteiger partial charge is 0.314 e. The molecule has 1 aliphatic rings. The Labute approximate surface area is 205 Å². The minimum absolute atomic E-state index is 0.196. The first-order valence-electron chi connectivity index (χ1n) is 11.6. The van der Waals surface area contributed by atoms with Gasteiger partial charge >= 0.3 is 5.97 Å². The van der Waals surface area contributed by atoms with E-state index in [2.05, 4.69) is 17.2 Å². The van der Waals surface area contributed by atoms with Crippen LogP contribution in [0.2, 0.25) is 10.0 Å². The lowest BCUT2D eigenvalue weighted by Gasteiger charge is -2.08. The van der Waals surface area contributed by atoms with E-state index >= 15 is 0 Å². The zero-order valence-corrected chi connectivity index (χ0v) is 20.6. The molecular weight excluding hydrogens is 466 g/mol. The van der Waals surface area contributed by atoms with Gasteiger partial charge in [0.2, 0.25) is 5.88 Å². The van der Waals surface area contributed by atoms with Crippen molar-refractivity contribution >= 4 is 29.2 Å². The van der Waals surface area contributed by atoms with E-state index in [4.69, 9.17) is 33.0 Å². The number of hydrogen-bond acceptors (Lipinski definition) is 4. The molecule has 8 heteroatoms.